The Balaban J connectivity index is 1.15. The largest absolute Gasteiger partial charge is 0.310 e. The van der Waals surface area contributed by atoms with Crippen LogP contribution in [0, 0.1) is 13.8 Å². The summed E-state index contributed by atoms with van der Waals surface area (Å²) in [6.07, 6.45) is 0. The van der Waals surface area contributed by atoms with Crippen molar-refractivity contribution in [3.8, 4) is 22.3 Å². The summed E-state index contributed by atoms with van der Waals surface area (Å²) in [5.74, 6) is 0. The van der Waals surface area contributed by atoms with Gasteiger partial charge in [0.15, 0.2) is 0 Å². The second kappa shape index (κ2) is 14.4. The van der Waals surface area contributed by atoms with Gasteiger partial charge in [0.2, 0.25) is 0 Å². The third kappa shape index (κ3) is 5.54. The maximum Gasteiger partial charge on any atom is 0.0727 e. The van der Waals surface area contributed by atoms with Crippen LogP contribution in [0.3, 0.4) is 0 Å². The number of aryl methyl sites for hydroxylation is 2. The fraction of sp³-hybridized carbons (Fsp3) is 0.0476. The molecule has 0 atom stereocenters. The lowest BCUT2D eigenvalue weighted by Crippen LogP contribution is -2.26. The van der Waals surface area contributed by atoms with E-state index >= 15 is 0 Å². The van der Waals surface area contributed by atoms with E-state index in [0.717, 1.165) is 34.1 Å². The van der Waals surface area contributed by atoms with Gasteiger partial charge in [-0.15, -0.1) is 0 Å². The van der Waals surface area contributed by atoms with Crippen molar-refractivity contribution in [2.24, 2.45) is 0 Å². The van der Waals surface area contributed by atoms with Crippen molar-refractivity contribution >= 4 is 66.4 Å². The number of hydrogen-bond donors (Lipinski definition) is 0. The Labute approximate surface area is 379 Å². The molecule has 0 N–H and O–H groups in total. The van der Waals surface area contributed by atoms with Crippen LogP contribution in [0.4, 0.5) is 34.1 Å². The average molecular weight is 829 g/mol. The van der Waals surface area contributed by atoms with E-state index in [1.54, 1.807) is 0 Å². The highest BCUT2D eigenvalue weighted by molar-refractivity contribution is 6.26. The topological polar surface area (TPSA) is 6.48 Å². The van der Waals surface area contributed by atoms with E-state index in [4.69, 9.17) is 0 Å². The summed E-state index contributed by atoms with van der Waals surface area (Å²) in [5, 5.41) is 7.70. The van der Waals surface area contributed by atoms with E-state index < -0.39 is 5.41 Å². The minimum Gasteiger partial charge on any atom is -0.310 e. The van der Waals surface area contributed by atoms with Gasteiger partial charge in [-0.2, -0.15) is 0 Å². The maximum absolute atomic E-state index is 2.57. The highest BCUT2D eigenvalue weighted by Crippen LogP contribution is 2.65. The van der Waals surface area contributed by atoms with E-state index in [-0.39, 0.29) is 0 Å². The van der Waals surface area contributed by atoms with Crippen LogP contribution < -0.4 is 9.80 Å². The second-order valence-corrected chi connectivity index (χ2v) is 17.8. The highest BCUT2D eigenvalue weighted by Gasteiger charge is 2.52. The first-order chi connectivity index (χ1) is 32.1. The van der Waals surface area contributed by atoms with Crippen LogP contribution in [0.25, 0.3) is 54.6 Å². The number of benzene rings is 11. The zero-order valence-electron chi connectivity index (χ0n) is 36.3. The molecule has 11 aromatic carbocycles. The van der Waals surface area contributed by atoms with Crippen molar-refractivity contribution in [2.45, 2.75) is 19.3 Å². The number of nitrogens with zero attached hydrogens (tertiary/aromatic N) is 2. The van der Waals surface area contributed by atoms with E-state index in [1.807, 2.05) is 0 Å². The predicted octanol–water partition coefficient (Wildman–Crippen LogP) is 17.0. The predicted molar refractivity (Wildman–Crippen MR) is 274 cm³/mol. The lowest BCUT2D eigenvalue weighted by Gasteiger charge is -2.33. The Bertz CT molecular complexity index is 3530. The van der Waals surface area contributed by atoms with Crippen molar-refractivity contribution in [2.75, 3.05) is 9.80 Å². The zero-order valence-corrected chi connectivity index (χ0v) is 36.3. The summed E-state index contributed by atoms with van der Waals surface area (Å²) < 4.78 is 0. The van der Waals surface area contributed by atoms with Gasteiger partial charge < -0.3 is 9.80 Å². The number of hydrogen-bond acceptors (Lipinski definition) is 2. The summed E-state index contributed by atoms with van der Waals surface area (Å²) in [6.45, 7) is 4.31. The Morgan fingerprint density at radius 1 is 0.246 bits per heavy atom. The average Bonchev–Trinajstić information content (AvgIpc) is 3.81. The van der Waals surface area contributed by atoms with Crippen molar-refractivity contribution in [3.63, 3.8) is 0 Å². The first-order valence-electron chi connectivity index (χ1n) is 22.7. The van der Waals surface area contributed by atoms with E-state index in [2.05, 4.69) is 254 Å². The normalized spacial score (nSPS) is 12.9. The van der Waals surface area contributed by atoms with Crippen LogP contribution in [0.1, 0.15) is 33.4 Å². The maximum atomic E-state index is 2.57. The summed E-state index contributed by atoms with van der Waals surface area (Å²) >= 11 is 0. The van der Waals surface area contributed by atoms with Gasteiger partial charge in [-0.25, -0.2) is 0 Å². The van der Waals surface area contributed by atoms with Gasteiger partial charge in [0.05, 0.1) is 5.41 Å². The number of para-hydroxylation sites is 2. The highest BCUT2D eigenvalue weighted by atomic mass is 15.1. The van der Waals surface area contributed by atoms with Crippen molar-refractivity contribution in [3.05, 3.63) is 264 Å². The SMILES string of the molecule is Cc1ccc(N(c2ccccc2)c2ccc3c(c2)C2(c4ccccc4-c4cc5c6ccccc6c6ccccc6c5cc42)c2cc(N(c4ccccc4)c4ccc(C)cc4)ccc2-3)cc1. The van der Waals surface area contributed by atoms with Crippen LogP contribution in [-0.2, 0) is 5.41 Å². The van der Waals surface area contributed by atoms with Gasteiger partial charge in [-0.1, -0.05) is 157 Å². The van der Waals surface area contributed by atoms with Gasteiger partial charge in [-0.3, -0.25) is 0 Å². The van der Waals surface area contributed by atoms with Gasteiger partial charge in [-0.05, 0) is 176 Å². The molecule has 0 fully saturated rings. The Morgan fingerprint density at radius 3 is 1.09 bits per heavy atom. The minimum atomic E-state index is -0.630. The summed E-state index contributed by atoms with van der Waals surface area (Å²) in [4.78, 5) is 4.83. The summed E-state index contributed by atoms with van der Waals surface area (Å²) in [7, 11) is 0. The zero-order chi connectivity index (χ0) is 43.2. The first-order valence-corrected chi connectivity index (χ1v) is 22.7. The fourth-order valence-corrected chi connectivity index (χ4v) is 11.3. The fourth-order valence-electron chi connectivity index (χ4n) is 11.3. The summed E-state index contributed by atoms with van der Waals surface area (Å²) in [6, 6.07) is 86.1. The summed E-state index contributed by atoms with van der Waals surface area (Å²) in [5.41, 5.74) is 18.9. The molecule has 0 aromatic heterocycles. The molecule has 0 unspecified atom stereocenters. The smallest absolute Gasteiger partial charge is 0.0727 e. The molecule has 13 rings (SSSR count). The Morgan fingerprint density at radius 2 is 0.600 bits per heavy atom. The number of fused-ring (bicyclic) bond motifs is 16. The van der Waals surface area contributed by atoms with Crippen LogP contribution in [-0.4, -0.2) is 0 Å². The Hall–Kier alpha value is -8.20. The molecule has 2 aliphatic carbocycles. The third-order valence-electron chi connectivity index (χ3n) is 14.1. The second-order valence-electron chi connectivity index (χ2n) is 17.8. The Kier molecular flexibility index (Phi) is 8.29. The molecule has 11 aromatic rings. The standard InChI is InChI=1S/C63H44N2/c1-41-25-29-45(30-26-41)64(43-15-5-3-6-16-43)47-33-35-54-55-36-34-48(65(44-17-7-4-8-18-44)46-31-27-42(2)28-32-46)38-61(55)63(60(54)37-47)59-24-14-13-23-53(59)58-39-56-51-21-11-9-19-49(51)50-20-10-12-22-52(50)57(56)40-62(58)63/h3-40H,1-2H3. The van der Waals surface area contributed by atoms with Crippen molar-refractivity contribution < 1.29 is 0 Å². The molecule has 0 saturated carbocycles. The van der Waals surface area contributed by atoms with E-state index in [1.165, 1.54) is 88.0 Å². The monoisotopic (exact) mass is 828 g/mol. The number of rotatable bonds is 6. The molecule has 0 aliphatic heterocycles. The molecule has 306 valence electrons. The lowest BCUT2D eigenvalue weighted by atomic mass is 9.70. The molecule has 2 aliphatic rings. The lowest BCUT2D eigenvalue weighted by molar-refractivity contribution is 0.795. The molecule has 2 nitrogen and oxygen atoms in total. The van der Waals surface area contributed by atoms with E-state index in [0.29, 0.717) is 0 Å². The van der Waals surface area contributed by atoms with Crippen LogP contribution in [0.2, 0.25) is 0 Å². The molecule has 0 amide bonds. The number of anilines is 6. The molecule has 0 radical (unpaired) electrons. The quantitative estimate of drug-likeness (QED) is 0.154. The molecular formula is C63H44N2. The third-order valence-corrected chi connectivity index (χ3v) is 14.1. The van der Waals surface area contributed by atoms with Crippen LogP contribution >= 0.6 is 0 Å². The molecule has 1 spiro atoms. The molecule has 0 bridgehead atoms. The van der Waals surface area contributed by atoms with Gasteiger partial charge >= 0.3 is 0 Å². The van der Waals surface area contributed by atoms with Gasteiger partial charge in [0.1, 0.15) is 0 Å². The molecule has 65 heavy (non-hydrogen) atoms. The van der Waals surface area contributed by atoms with E-state index in [9.17, 15) is 0 Å². The minimum absolute atomic E-state index is 0.630. The molecule has 0 saturated heterocycles. The molecule has 0 heterocycles. The van der Waals surface area contributed by atoms with Gasteiger partial charge in [0.25, 0.3) is 0 Å². The molecule has 2 heteroatoms. The molecular weight excluding hydrogens is 785 g/mol. The van der Waals surface area contributed by atoms with Crippen LogP contribution in [0.15, 0.2) is 231 Å². The van der Waals surface area contributed by atoms with Crippen molar-refractivity contribution in [1.82, 2.24) is 0 Å². The van der Waals surface area contributed by atoms with Crippen LogP contribution in [0.5, 0.6) is 0 Å². The van der Waals surface area contributed by atoms with Gasteiger partial charge in [0, 0.05) is 34.1 Å². The first kappa shape index (κ1) is 37.4. The van der Waals surface area contributed by atoms with Crippen molar-refractivity contribution in [1.29, 1.82) is 0 Å².